The smallest absolute Gasteiger partial charge is 0.0158 e. The molecule has 0 bridgehead atoms. The van der Waals surface area contributed by atoms with Crippen LogP contribution in [0, 0.1) is 0 Å². The fourth-order valence-electron chi connectivity index (χ4n) is 1.75. The van der Waals surface area contributed by atoms with Crippen LogP contribution in [0.25, 0.3) is 0 Å². The molecule has 3 heteroatoms. The Balaban J connectivity index is 2.12. The van der Waals surface area contributed by atoms with E-state index in [-0.39, 0.29) is 0 Å². The fourth-order valence-corrected chi connectivity index (χ4v) is 1.75. The predicted octanol–water partition coefficient (Wildman–Crippen LogP) is 0.400. The van der Waals surface area contributed by atoms with Gasteiger partial charge in [0.15, 0.2) is 0 Å². The summed E-state index contributed by atoms with van der Waals surface area (Å²) in [6.07, 6.45) is 3.25. The van der Waals surface area contributed by atoms with E-state index in [0.29, 0.717) is 0 Å². The molecular weight excluding hydrogens is 174 g/mol. The van der Waals surface area contributed by atoms with E-state index >= 15 is 0 Å². The van der Waals surface area contributed by atoms with Crippen LogP contribution in [0.5, 0.6) is 0 Å². The summed E-state index contributed by atoms with van der Waals surface area (Å²) in [7, 11) is 2.15. The first-order chi connectivity index (χ1) is 6.83. The van der Waals surface area contributed by atoms with Crippen LogP contribution in [-0.4, -0.2) is 62.7 Å². The summed E-state index contributed by atoms with van der Waals surface area (Å²) in [4.78, 5) is 4.85. The maximum Gasteiger partial charge on any atom is 0.0158 e. The van der Waals surface area contributed by atoms with Crippen LogP contribution < -0.4 is 5.32 Å². The molecule has 0 spiro atoms. The maximum absolute atomic E-state index is 3.75. The highest BCUT2D eigenvalue weighted by Crippen LogP contribution is 1.95. The molecule has 0 amide bonds. The summed E-state index contributed by atoms with van der Waals surface area (Å²) in [5.74, 6) is 0. The molecule has 1 saturated heterocycles. The van der Waals surface area contributed by atoms with Crippen molar-refractivity contribution in [3.63, 3.8) is 0 Å². The van der Waals surface area contributed by atoms with E-state index in [9.17, 15) is 0 Å². The molecule has 1 rings (SSSR count). The van der Waals surface area contributed by atoms with Crippen molar-refractivity contribution in [1.29, 1.82) is 0 Å². The van der Waals surface area contributed by atoms with Crippen LogP contribution >= 0.6 is 0 Å². The minimum absolute atomic E-state index is 0.992. The first kappa shape index (κ1) is 11.7. The highest BCUT2D eigenvalue weighted by Gasteiger charge is 2.08. The molecule has 1 aliphatic rings. The second-order valence-corrected chi connectivity index (χ2v) is 4.00. The molecule has 0 aromatic rings. The van der Waals surface area contributed by atoms with E-state index in [1.165, 1.54) is 32.6 Å². The van der Waals surface area contributed by atoms with Gasteiger partial charge in [0.1, 0.15) is 0 Å². The lowest BCUT2D eigenvalue weighted by atomic mass is 10.4. The molecule has 0 radical (unpaired) electrons. The highest BCUT2D eigenvalue weighted by atomic mass is 15.2. The monoisotopic (exact) mass is 197 g/mol. The Morgan fingerprint density at radius 1 is 1.43 bits per heavy atom. The minimum Gasteiger partial charge on any atom is -0.315 e. The summed E-state index contributed by atoms with van der Waals surface area (Å²) < 4.78 is 0. The average molecular weight is 197 g/mol. The van der Waals surface area contributed by atoms with Crippen molar-refractivity contribution < 1.29 is 0 Å². The van der Waals surface area contributed by atoms with Gasteiger partial charge in [-0.3, -0.25) is 0 Å². The Labute approximate surface area is 87.8 Å². The van der Waals surface area contributed by atoms with Gasteiger partial charge in [0.2, 0.25) is 0 Å². The van der Waals surface area contributed by atoms with Crippen molar-refractivity contribution in [2.45, 2.75) is 6.42 Å². The predicted molar refractivity (Wildman–Crippen MR) is 61.6 cm³/mol. The standard InChI is InChI=1S/C11H23N3/c1-3-7-13(2)10-11-14-8-4-5-12-6-9-14/h3,12H,1,4-11H2,2H3. The number of likely N-dealkylation sites (N-methyl/N-ethyl adjacent to an activating group) is 1. The van der Waals surface area contributed by atoms with Gasteiger partial charge in [0, 0.05) is 32.7 Å². The van der Waals surface area contributed by atoms with Gasteiger partial charge in [0.05, 0.1) is 0 Å². The van der Waals surface area contributed by atoms with E-state index < -0.39 is 0 Å². The number of hydrogen-bond acceptors (Lipinski definition) is 3. The average Bonchev–Trinajstić information content (AvgIpc) is 2.43. The van der Waals surface area contributed by atoms with Gasteiger partial charge >= 0.3 is 0 Å². The lowest BCUT2D eigenvalue weighted by Gasteiger charge is -2.22. The number of rotatable bonds is 5. The second-order valence-electron chi connectivity index (χ2n) is 4.00. The Bertz CT molecular complexity index is 151. The minimum atomic E-state index is 0.992. The van der Waals surface area contributed by atoms with Crippen LogP contribution in [0.2, 0.25) is 0 Å². The lowest BCUT2D eigenvalue weighted by Crippen LogP contribution is -2.35. The molecule has 1 N–H and O–H groups in total. The van der Waals surface area contributed by atoms with E-state index in [1.54, 1.807) is 0 Å². The zero-order valence-corrected chi connectivity index (χ0v) is 9.34. The molecule has 0 saturated carbocycles. The van der Waals surface area contributed by atoms with Gasteiger partial charge < -0.3 is 15.1 Å². The highest BCUT2D eigenvalue weighted by molar-refractivity contribution is 4.73. The number of nitrogens with one attached hydrogen (secondary N) is 1. The first-order valence-corrected chi connectivity index (χ1v) is 5.55. The van der Waals surface area contributed by atoms with Crippen molar-refractivity contribution in [1.82, 2.24) is 15.1 Å². The molecule has 14 heavy (non-hydrogen) atoms. The Morgan fingerprint density at radius 3 is 3.07 bits per heavy atom. The van der Waals surface area contributed by atoms with Crippen LogP contribution in [0.1, 0.15) is 6.42 Å². The summed E-state index contributed by atoms with van der Waals surface area (Å²) in [5.41, 5.74) is 0. The molecule has 1 heterocycles. The third-order valence-corrected chi connectivity index (χ3v) is 2.67. The third-order valence-electron chi connectivity index (χ3n) is 2.67. The molecule has 0 atom stereocenters. The molecular formula is C11H23N3. The van der Waals surface area contributed by atoms with Crippen molar-refractivity contribution in [2.75, 3.05) is 52.9 Å². The van der Waals surface area contributed by atoms with Crippen LogP contribution in [0.3, 0.4) is 0 Å². The molecule has 0 aliphatic carbocycles. The number of nitrogens with zero attached hydrogens (tertiary/aromatic N) is 2. The first-order valence-electron chi connectivity index (χ1n) is 5.55. The SMILES string of the molecule is C=CCN(C)CCN1CCCNCC1. The van der Waals surface area contributed by atoms with E-state index in [0.717, 1.165) is 19.6 Å². The lowest BCUT2D eigenvalue weighted by molar-refractivity contribution is 0.245. The Hall–Kier alpha value is -0.380. The van der Waals surface area contributed by atoms with Crippen LogP contribution in [0.4, 0.5) is 0 Å². The molecule has 1 aliphatic heterocycles. The Morgan fingerprint density at radius 2 is 2.29 bits per heavy atom. The zero-order chi connectivity index (χ0) is 10.2. The molecule has 0 unspecified atom stereocenters. The topological polar surface area (TPSA) is 18.5 Å². The largest absolute Gasteiger partial charge is 0.315 e. The van der Waals surface area contributed by atoms with Gasteiger partial charge in [-0.2, -0.15) is 0 Å². The van der Waals surface area contributed by atoms with Gasteiger partial charge in [-0.15, -0.1) is 6.58 Å². The molecule has 0 aromatic heterocycles. The van der Waals surface area contributed by atoms with Crippen LogP contribution in [0.15, 0.2) is 12.7 Å². The van der Waals surface area contributed by atoms with Gasteiger partial charge in [-0.1, -0.05) is 6.08 Å². The van der Waals surface area contributed by atoms with Crippen LogP contribution in [-0.2, 0) is 0 Å². The molecule has 3 nitrogen and oxygen atoms in total. The van der Waals surface area contributed by atoms with Crippen molar-refractivity contribution >= 4 is 0 Å². The van der Waals surface area contributed by atoms with Crippen molar-refractivity contribution in [2.24, 2.45) is 0 Å². The summed E-state index contributed by atoms with van der Waals surface area (Å²) in [6, 6.07) is 0. The summed E-state index contributed by atoms with van der Waals surface area (Å²) in [5, 5.41) is 3.42. The quantitative estimate of drug-likeness (QED) is 0.644. The van der Waals surface area contributed by atoms with Gasteiger partial charge in [0.25, 0.3) is 0 Å². The summed E-state index contributed by atoms with van der Waals surface area (Å²) in [6.45, 7) is 11.8. The fraction of sp³-hybridized carbons (Fsp3) is 0.818. The number of hydrogen-bond donors (Lipinski definition) is 1. The maximum atomic E-state index is 3.75. The third kappa shape index (κ3) is 4.74. The molecule has 0 aromatic carbocycles. The van der Waals surface area contributed by atoms with Crippen molar-refractivity contribution in [3.05, 3.63) is 12.7 Å². The van der Waals surface area contributed by atoms with E-state index in [1.807, 2.05) is 6.08 Å². The second kappa shape index (κ2) is 6.98. The van der Waals surface area contributed by atoms with E-state index in [4.69, 9.17) is 0 Å². The van der Waals surface area contributed by atoms with Gasteiger partial charge in [-0.25, -0.2) is 0 Å². The van der Waals surface area contributed by atoms with E-state index in [2.05, 4.69) is 28.7 Å². The summed E-state index contributed by atoms with van der Waals surface area (Å²) >= 11 is 0. The van der Waals surface area contributed by atoms with Crippen molar-refractivity contribution in [3.8, 4) is 0 Å². The Kier molecular flexibility index (Phi) is 5.83. The molecule has 82 valence electrons. The van der Waals surface area contributed by atoms with Gasteiger partial charge in [-0.05, 0) is 26.6 Å². The normalized spacial score (nSPS) is 19.6. The molecule has 1 fully saturated rings. The zero-order valence-electron chi connectivity index (χ0n) is 9.34.